The standard InChI is InChI=1S/C13H20N2O2/c1-9(2)13(3,4)8-15-10-5-6-14-11(7-10)12(16)17/h5-7,9H,8H2,1-4H3,(H,14,15)(H,16,17). The summed E-state index contributed by atoms with van der Waals surface area (Å²) in [7, 11) is 0. The van der Waals surface area contributed by atoms with Crippen LogP contribution in [0.5, 0.6) is 0 Å². The highest BCUT2D eigenvalue weighted by atomic mass is 16.4. The number of hydrogen-bond donors (Lipinski definition) is 2. The van der Waals surface area contributed by atoms with Crippen LogP contribution in [0.1, 0.15) is 38.2 Å². The van der Waals surface area contributed by atoms with Gasteiger partial charge in [0.2, 0.25) is 0 Å². The van der Waals surface area contributed by atoms with Crippen LogP contribution in [0.4, 0.5) is 5.69 Å². The number of aromatic nitrogens is 1. The third kappa shape index (κ3) is 3.73. The van der Waals surface area contributed by atoms with Crippen molar-refractivity contribution in [3.8, 4) is 0 Å². The van der Waals surface area contributed by atoms with E-state index in [2.05, 4.69) is 38.0 Å². The van der Waals surface area contributed by atoms with E-state index in [1.165, 1.54) is 6.20 Å². The summed E-state index contributed by atoms with van der Waals surface area (Å²) in [6, 6.07) is 3.33. The summed E-state index contributed by atoms with van der Waals surface area (Å²) in [5.74, 6) is -0.451. The molecule has 0 saturated carbocycles. The fourth-order valence-corrected chi connectivity index (χ4v) is 1.19. The number of pyridine rings is 1. The number of carboxylic acid groups (broad SMARTS) is 1. The molecule has 2 N–H and O–H groups in total. The van der Waals surface area contributed by atoms with Gasteiger partial charge in [0, 0.05) is 18.4 Å². The molecule has 0 fully saturated rings. The Morgan fingerprint density at radius 2 is 2.18 bits per heavy atom. The molecule has 4 heteroatoms. The lowest BCUT2D eigenvalue weighted by atomic mass is 9.81. The summed E-state index contributed by atoms with van der Waals surface area (Å²) in [6.07, 6.45) is 1.51. The highest BCUT2D eigenvalue weighted by molar-refractivity contribution is 5.86. The van der Waals surface area contributed by atoms with Crippen LogP contribution in [-0.4, -0.2) is 22.6 Å². The van der Waals surface area contributed by atoms with Crippen molar-refractivity contribution in [2.24, 2.45) is 11.3 Å². The molecule has 17 heavy (non-hydrogen) atoms. The highest BCUT2D eigenvalue weighted by Crippen LogP contribution is 2.26. The Balaban J connectivity index is 2.70. The molecule has 1 aromatic rings. The Bertz CT molecular complexity index is 400. The van der Waals surface area contributed by atoms with Crippen molar-refractivity contribution < 1.29 is 9.90 Å². The maximum absolute atomic E-state index is 10.8. The summed E-state index contributed by atoms with van der Waals surface area (Å²) in [6.45, 7) is 9.52. The van der Waals surface area contributed by atoms with Crippen LogP contribution in [0.25, 0.3) is 0 Å². The fourth-order valence-electron chi connectivity index (χ4n) is 1.19. The van der Waals surface area contributed by atoms with Gasteiger partial charge in [-0.05, 0) is 23.5 Å². The molecule has 0 aliphatic carbocycles. The zero-order valence-electron chi connectivity index (χ0n) is 10.8. The van der Waals surface area contributed by atoms with Gasteiger partial charge in [0.05, 0.1) is 0 Å². The molecule has 0 aromatic carbocycles. The molecular formula is C13H20N2O2. The number of carbonyl (C=O) groups is 1. The lowest BCUT2D eigenvalue weighted by Crippen LogP contribution is -2.28. The molecular weight excluding hydrogens is 216 g/mol. The molecule has 0 bridgehead atoms. The number of rotatable bonds is 5. The molecule has 0 spiro atoms. The first-order valence-corrected chi connectivity index (χ1v) is 5.76. The summed E-state index contributed by atoms with van der Waals surface area (Å²) in [5.41, 5.74) is 1.02. The van der Waals surface area contributed by atoms with E-state index in [0.29, 0.717) is 5.92 Å². The molecule has 0 radical (unpaired) electrons. The van der Waals surface area contributed by atoms with E-state index in [-0.39, 0.29) is 11.1 Å². The van der Waals surface area contributed by atoms with Gasteiger partial charge in [-0.3, -0.25) is 0 Å². The van der Waals surface area contributed by atoms with Gasteiger partial charge in [-0.2, -0.15) is 0 Å². The Morgan fingerprint density at radius 1 is 1.53 bits per heavy atom. The minimum absolute atomic E-state index is 0.0670. The topological polar surface area (TPSA) is 62.2 Å². The second-order valence-corrected chi connectivity index (χ2v) is 5.23. The minimum Gasteiger partial charge on any atom is -0.477 e. The van der Waals surface area contributed by atoms with Crippen molar-refractivity contribution in [3.63, 3.8) is 0 Å². The Morgan fingerprint density at radius 3 is 2.71 bits per heavy atom. The third-order valence-corrected chi connectivity index (χ3v) is 3.29. The molecule has 4 nitrogen and oxygen atoms in total. The van der Waals surface area contributed by atoms with E-state index in [4.69, 9.17) is 5.11 Å². The predicted octanol–water partition coefficient (Wildman–Crippen LogP) is 2.87. The number of nitrogens with one attached hydrogen (secondary N) is 1. The quantitative estimate of drug-likeness (QED) is 0.825. The molecule has 0 atom stereocenters. The van der Waals surface area contributed by atoms with Gasteiger partial charge in [0.1, 0.15) is 5.69 Å². The van der Waals surface area contributed by atoms with Crippen molar-refractivity contribution in [1.29, 1.82) is 0 Å². The zero-order chi connectivity index (χ0) is 13.1. The van der Waals surface area contributed by atoms with E-state index in [9.17, 15) is 4.79 Å². The van der Waals surface area contributed by atoms with E-state index < -0.39 is 5.97 Å². The minimum atomic E-state index is -1.00. The lowest BCUT2D eigenvalue weighted by Gasteiger charge is -2.29. The molecule has 1 rings (SSSR count). The van der Waals surface area contributed by atoms with Crippen LogP contribution in [-0.2, 0) is 0 Å². The van der Waals surface area contributed by atoms with Gasteiger partial charge in [0.25, 0.3) is 0 Å². The summed E-state index contributed by atoms with van der Waals surface area (Å²) in [5, 5.41) is 12.1. The SMILES string of the molecule is CC(C)C(C)(C)CNc1ccnc(C(=O)O)c1. The van der Waals surface area contributed by atoms with Crippen LogP contribution in [0.15, 0.2) is 18.3 Å². The van der Waals surface area contributed by atoms with Gasteiger partial charge in [-0.15, -0.1) is 0 Å². The maximum Gasteiger partial charge on any atom is 0.354 e. The number of carboxylic acids is 1. The maximum atomic E-state index is 10.8. The number of aromatic carboxylic acids is 1. The van der Waals surface area contributed by atoms with Gasteiger partial charge in [-0.25, -0.2) is 9.78 Å². The lowest BCUT2D eigenvalue weighted by molar-refractivity contribution is 0.0690. The van der Waals surface area contributed by atoms with Gasteiger partial charge < -0.3 is 10.4 Å². The van der Waals surface area contributed by atoms with Crippen LogP contribution in [0, 0.1) is 11.3 Å². The number of nitrogens with zero attached hydrogens (tertiary/aromatic N) is 1. The largest absolute Gasteiger partial charge is 0.477 e. The zero-order valence-corrected chi connectivity index (χ0v) is 10.8. The molecule has 1 heterocycles. The third-order valence-electron chi connectivity index (χ3n) is 3.29. The Kier molecular flexibility index (Phi) is 4.10. The monoisotopic (exact) mass is 236 g/mol. The van der Waals surface area contributed by atoms with Crippen molar-refractivity contribution in [2.45, 2.75) is 27.7 Å². The molecule has 94 valence electrons. The molecule has 0 saturated heterocycles. The average molecular weight is 236 g/mol. The first kappa shape index (κ1) is 13.5. The van der Waals surface area contributed by atoms with Gasteiger partial charge >= 0.3 is 5.97 Å². The van der Waals surface area contributed by atoms with Gasteiger partial charge in [-0.1, -0.05) is 27.7 Å². The number of anilines is 1. The van der Waals surface area contributed by atoms with Gasteiger partial charge in [0.15, 0.2) is 0 Å². The van der Waals surface area contributed by atoms with Crippen molar-refractivity contribution in [3.05, 3.63) is 24.0 Å². The smallest absolute Gasteiger partial charge is 0.354 e. The van der Waals surface area contributed by atoms with E-state index in [0.717, 1.165) is 12.2 Å². The second kappa shape index (κ2) is 5.17. The highest BCUT2D eigenvalue weighted by Gasteiger charge is 2.21. The molecule has 1 aromatic heterocycles. The van der Waals surface area contributed by atoms with Crippen LogP contribution in [0.2, 0.25) is 0 Å². The van der Waals surface area contributed by atoms with E-state index in [1.54, 1.807) is 12.1 Å². The van der Waals surface area contributed by atoms with E-state index >= 15 is 0 Å². The van der Waals surface area contributed by atoms with Crippen LogP contribution >= 0.6 is 0 Å². The fraction of sp³-hybridized carbons (Fsp3) is 0.538. The second-order valence-electron chi connectivity index (χ2n) is 5.23. The van der Waals surface area contributed by atoms with E-state index in [1.807, 2.05) is 0 Å². The first-order valence-electron chi connectivity index (χ1n) is 5.76. The van der Waals surface area contributed by atoms with Crippen LogP contribution < -0.4 is 5.32 Å². The normalized spacial score (nSPS) is 11.6. The molecule has 0 aliphatic rings. The number of hydrogen-bond acceptors (Lipinski definition) is 3. The molecule has 0 aliphatic heterocycles. The van der Waals surface area contributed by atoms with Crippen molar-refractivity contribution >= 4 is 11.7 Å². The summed E-state index contributed by atoms with van der Waals surface area (Å²) < 4.78 is 0. The summed E-state index contributed by atoms with van der Waals surface area (Å²) in [4.78, 5) is 14.6. The molecule has 0 amide bonds. The Hall–Kier alpha value is -1.58. The molecule has 0 unspecified atom stereocenters. The average Bonchev–Trinajstić information content (AvgIpc) is 2.26. The van der Waals surface area contributed by atoms with Crippen LogP contribution in [0.3, 0.4) is 0 Å². The first-order chi connectivity index (χ1) is 7.83. The Labute approximate surface area is 102 Å². The van der Waals surface area contributed by atoms with Crippen molar-refractivity contribution in [1.82, 2.24) is 4.98 Å². The summed E-state index contributed by atoms with van der Waals surface area (Å²) >= 11 is 0. The predicted molar refractivity (Wildman–Crippen MR) is 68.3 cm³/mol. The van der Waals surface area contributed by atoms with Crippen molar-refractivity contribution in [2.75, 3.05) is 11.9 Å².